The molecule has 0 spiro atoms. The molecule has 0 rings (SSSR count). The Balaban J connectivity index is 4.08. The Labute approximate surface area is 77.0 Å². The van der Waals surface area contributed by atoms with Gasteiger partial charge in [0.2, 0.25) is 0 Å². The molecule has 0 aliphatic carbocycles. The largest absolute Gasteiger partial charge is 0.465 e. The third kappa shape index (κ3) is 5.06. The van der Waals surface area contributed by atoms with Crippen LogP contribution in [0.5, 0.6) is 0 Å². The second kappa shape index (κ2) is 4.12. The SMILES string of the molecule is C[Si](C)(C)O[Si](C)(O[SiH3])O[SiH3]. The van der Waals surface area contributed by atoms with Crippen LogP contribution >= 0.6 is 0 Å². The molecule has 0 aliphatic rings. The van der Waals surface area contributed by atoms with Crippen LogP contribution in [0, 0.1) is 0 Å². The normalized spacial score (nSPS) is 18.5. The summed E-state index contributed by atoms with van der Waals surface area (Å²) in [5.74, 6) is 0. The standard InChI is InChI=1S/C4H18O3Si4/c1-10(2,3)7-11(4,5-8)6-9/h1-4,8-9H3. The smallest absolute Gasteiger partial charge is 0.426 e. The number of hydrogen-bond acceptors (Lipinski definition) is 3. The van der Waals surface area contributed by atoms with Crippen molar-refractivity contribution in [1.29, 1.82) is 0 Å². The molecule has 0 aliphatic heterocycles. The third-order valence-corrected chi connectivity index (χ3v) is 11.1. The summed E-state index contributed by atoms with van der Waals surface area (Å²) in [4.78, 5) is 0. The van der Waals surface area contributed by atoms with Gasteiger partial charge in [0.05, 0.1) is 0 Å². The zero-order chi connectivity index (χ0) is 9.12. The van der Waals surface area contributed by atoms with E-state index in [-0.39, 0.29) is 0 Å². The van der Waals surface area contributed by atoms with E-state index in [0.717, 1.165) is 0 Å². The van der Waals surface area contributed by atoms with Gasteiger partial charge in [-0.15, -0.1) is 0 Å². The lowest BCUT2D eigenvalue weighted by atomic mass is 11.8. The van der Waals surface area contributed by atoms with Crippen molar-refractivity contribution in [2.45, 2.75) is 26.2 Å². The topological polar surface area (TPSA) is 27.7 Å². The van der Waals surface area contributed by atoms with Crippen LogP contribution in [-0.2, 0) is 12.3 Å². The molecule has 0 unspecified atom stereocenters. The van der Waals surface area contributed by atoms with Crippen LogP contribution in [0.25, 0.3) is 0 Å². The van der Waals surface area contributed by atoms with Crippen molar-refractivity contribution in [2.24, 2.45) is 0 Å². The Bertz CT molecular complexity index is 119. The van der Waals surface area contributed by atoms with Crippen molar-refractivity contribution in [1.82, 2.24) is 0 Å². The van der Waals surface area contributed by atoms with E-state index in [1.165, 1.54) is 0 Å². The summed E-state index contributed by atoms with van der Waals surface area (Å²) in [5, 5.41) is 0. The molecule has 68 valence electrons. The fourth-order valence-electron chi connectivity index (χ4n) is 0.723. The minimum absolute atomic E-state index is 0.706. The van der Waals surface area contributed by atoms with Gasteiger partial charge in [-0.2, -0.15) is 0 Å². The van der Waals surface area contributed by atoms with Crippen LogP contribution in [0.2, 0.25) is 26.2 Å². The molecule has 3 nitrogen and oxygen atoms in total. The molecule has 0 aromatic heterocycles. The van der Waals surface area contributed by atoms with Crippen LogP contribution < -0.4 is 0 Å². The molecule has 0 radical (unpaired) electrons. The van der Waals surface area contributed by atoms with E-state index >= 15 is 0 Å². The van der Waals surface area contributed by atoms with E-state index in [1.807, 2.05) is 6.55 Å². The summed E-state index contributed by atoms with van der Waals surface area (Å²) >= 11 is 0. The van der Waals surface area contributed by atoms with E-state index < -0.39 is 17.1 Å². The quantitative estimate of drug-likeness (QED) is 0.576. The molecule has 0 saturated carbocycles. The Morgan fingerprint density at radius 3 is 1.36 bits per heavy atom. The van der Waals surface area contributed by atoms with E-state index in [9.17, 15) is 0 Å². The fraction of sp³-hybridized carbons (Fsp3) is 1.00. The average Bonchev–Trinajstić information content (AvgIpc) is 1.84. The van der Waals surface area contributed by atoms with Gasteiger partial charge >= 0.3 is 8.80 Å². The van der Waals surface area contributed by atoms with E-state index in [2.05, 4.69) is 19.6 Å². The first-order chi connectivity index (χ1) is 4.83. The first kappa shape index (κ1) is 11.7. The number of hydrogen-bond donors (Lipinski definition) is 0. The van der Waals surface area contributed by atoms with Crippen LogP contribution in [-0.4, -0.2) is 38.1 Å². The van der Waals surface area contributed by atoms with Gasteiger partial charge in [-0.1, -0.05) is 0 Å². The molecule has 0 aromatic carbocycles. The van der Waals surface area contributed by atoms with Crippen molar-refractivity contribution in [2.75, 3.05) is 0 Å². The minimum Gasteiger partial charge on any atom is -0.426 e. The first-order valence-electron chi connectivity index (χ1n) is 3.63. The maximum Gasteiger partial charge on any atom is 0.465 e. The predicted molar refractivity (Wildman–Crippen MR) is 58.1 cm³/mol. The van der Waals surface area contributed by atoms with Crippen LogP contribution in [0.4, 0.5) is 0 Å². The molecular formula is C4H18O3Si4. The van der Waals surface area contributed by atoms with Gasteiger partial charge in [0.25, 0.3) is 0 Å². The molecule has 0 atom stereocenters. The summed E-state index contributed by atoms with van der Waals surface area (Å²) in [5.41, 5.74) is 0. The molecule has 0 saturated heterocycles. The van der Waals surface area contributed by atoms with E-state index in [1.54, 1.807) is 0 Å². The predicted octanol–water partition coefficient (Wildman–Crippen LogP) is -0.999. The van der Waals surface area contributed by atoms with E-state index in [0.29, 0.717) is 21.0 Å². The average molecular weight is 227 g/mol. The molecule has 0 amide bonds. The minimum atomic E-state index is -2.15. The molecule has 7 heteroatoms. The Hall–Kier alpha value is 0.748. The van der Waals surface area contributed by atoms with Crippen molar-refractivity contribution < 1.29 is 12.3 Å². The Kier molecular flexibility index (Phi) is 4.40. The van der Waals surface area contributed by atoms with Gasteiger partial charge in [0.15, 0.2) is 8.32 Å². The third-order valence-electron chi connectivity index (χ3n) is 1.23. The van der Waals surface area contributed by atoms with E-state index in [4.69, 9.17) is 12.3 Å². The summed E-state index contributed by atoms with van der Waals surface area (Å²) in [6.45, 7) is 8.43. The molecule has 0 bridgehead atoms. The Morgan fingerprint density at radius 2 is 1.27 bits per heavy atom. The molecule has 0 aromatic rings. The van der Waals surface area contributed by atoms with Crippen LogP contribution in [0.1, 0.15) is 0 Å². The zero-order valence-electron chi connectivity index (χ0n) is 8.22. The maximum absolute atomic E-state index is 5.83. The van der Waals surface area contributed by atoms with Gasteiger partial charge in [0.1, 0.15) is 21.0 Å². The van der Waals surface area contributed by atoms with Crippen molar-refractivity contribution in [3.8, 4) is 0 Å². The highest BCUT2D eigenvalue weighted by molar-refractivity contribution is 6.81. The van der Waals surface area contributed by atoms with Crippen molar-refractivity contribution in [3.05, 3.63) is 0 Å². The molecule has 11 heavy (non-hydrogen) atoms. The molecule has 0 heterocycles. The van der Waals surface area contributed by atoms with Crippen molar-refractivity contribution >= 4 is 38.1 Å². The summed E-state index contributed by atoms with van der Waals surface area (Å²) < 4.78 is 16.6. The van der Waals surface area contributed by atoms with Crippen molar-refractivity contribution in [3.63, 3.8) is 0 Å². The van der Waals surface area contributed by atoms with Gasteiger partial charge in [-0.3, -0.25) is 0 Å². The van der Waals surface area contributed by atoms with Crippen LogP contribution in [0.3, 0.4) is 0 Å². The molecular weight excluding hydrogens is 208 g/mol. The van der Waals surface area contributed by atoms with Gasteiger partial charge in [-0.25, -0.2) is 0 Å². The summed E-state index contributed by atoms with van der Waals surface area (Å²) in [7, 11) is -2.21. The molecule has 0 N–H and O–H groups in total. The first-order valence-corrected chi connectivity index (χ1v) is 10.9. The summed E-state index contributed by atoms with van der Waals surface area (Å²) in [6, 6.07) is 0. The monoisotopic (exact) mass is 226 g/mol. The zero-order valence-corrected chi connectivity index (χ0v) is 14.2. The highest BCUT2D eigenvalue weighted by atomic mass is 28.5. The van der Waals surface area contributed by atoms with Crippen LogP contribution in [0.15, 0.2) is 0 Å². The maximum atomic E-state index is 5.83. The summed E-state index contributed by atoms with van der Waals surface area (Å²) in [6.07, 6.45) is 0. The Morgan fingerprint density at radius 1 is 0.909 bits per heavy atom. The fourth-order valence-corrected chi connectivity index (χ4v) is 9.51. The number of rotatable bonds is 4. The van der Waals surface area contributed by atoms with Gasteiger partial charge in [0, 0.05) is 6.55 Å². The molecule has 0 fully saturated rings. The second-order valence-corrected chi connectivity index (χ2v) is 13.5. The lowest BCUT2D eigenvalue weighted by molar-refractivity contribution is 0.291. The highest BCUT2D eigenvalue weighted by Crippen LogP contribution is 2.14. The second-order valence-electron chi connectivity index (χ2n) is 3.49. The lowest BCUT2D eigenvalue weighted by Gasteiger charge is -2.30. The van der Waals surface area contributed by atoms with Gasteiger partial charge < -0.3 is 12.3 Å². The van der Waals surface area contributed by atoms with Gasteiger partial charge in [-0.05, 0) is 19.6 Å². The lowest BCUT2D eigenvalue weighted by Crippen LogP contribution is -2.49. The highest BCUT2D eigenvalue weighted by Gasteiger charge is 2.35.